The molecular weight excluding hydrogens is 453 g/mol. The highest BCUT2D eigenvalue weighted by molar-refractivity contribution is 5.99. The van der Waals surface area contributed by atoms with Crippen molar-refractivity contribution in [3.05, 3.63) is 41.9 Å². The number of nitriles is 1. The molecule has 35 heavy (non-hydrogen) atoms. The first-order valence-corrected chi connectivity index (χ1v) is 11.5. The lowest BCUT2D eigenvalue weighted by molar-refractivity contribution is -0.00177. The summed E-state index contributed by atoms with van der Waals surface area (Å²) in [6, 6.07) is 5.44. The number of amides is 1. The van der Waals surface area contributed by atoms with Crippen LogP contribution in [0.5, 0.6) is 0 Å². The van der Waals surface area contributed by atoms with Crippen molar-refractivity contribution >= 4 is 22.6 Å². The van der Waals surface area contributed by atoms with E-state index in [1.807, 2.05) is 6.07 Å². The number of aliphatic hydroxyl groups excluding tert-OH is 1. The minimum absolute atomic E-state index is 0.0381. The fraction of sp³-hybridized carbons (Fsp3) is 0.458. The number of hydrogen-bond donors (Lipinski definition) is 4. The molecule has 1 saturated carbocycles. The summed E-state index contributed by atoms with van der Waals surface area (Å²) in [6.45, 7) is 2.33. The van der Waals surface area contributed by atoms with Gasteiger partial charge in [-0.1, -0.05) is 0 Å². The number of carbonyl (C=O) groups excluding carboxylic acids is 1. The molecule has 3 heterocycles. The Morgan fingerprint density at radius 3 is 2.69 bits per heavy atom. The Kier molecular flexibility index (Phi) is 6.95. The number of nitrogens with one attached hydrogen (secondary N) is 2. The van der Waals surface area contributed by atoms with Crippen LogP contribution in [0.1, 0.15) is 55.5 Å². The maximum absolute atomic E-state index is 14.2. The van der Waals surface area contributed by atoms with Crippen molar-refractivity contribution in [2.75, 3.05) is 11.9 Å². The molecule has 0 spiro atoms. The Bertz CT molecular complexity index is 1260. The highest BCUT2D eigenvalue weighted by atomic mass is 19.1. The number of fused-ring (bicyclic) bond motifs is 1. The Hall–Kier alpha value is -3.62. The number of aromatic nitrogens is 4. The lowest BCUT2D eigenvalue weighted by atomic mass is 9.93. The van der Waals surface area contributed by atoms with Crippen molar-refractivity contribution in [1.29, 1.82) is 5.26 Å². The van der Waals surface area contributed by atoms with Crippen LogP contribution in [0.15, 0.2) is 30.7 Å². The third-order valence-electron chi connectivity index (χ3n) is 6.15. The van der Waals surface area contributed by atoms with Crippen molar-refractivity contribution in [2.45, 2.75) is 63.4 Å². The molecule has 1 aliphatic rings. The average molecular weight is 482 g/mol. The molecule has 10 nitrogen and oxygen atoms in total. The largest absolute Gasteiger partial charge is 0.393 e. The van der Waals surface area contributed by atoms with Crippen molar-refractivity contribution in [3.8, 4) is 11.9 Å². The van der Waals surface area contributed by atoms with E-state index in [1.54, 1.807) is 18.3 Å². The molecule has 4 rings (SSSR count). The highest BCUT2D eigenvalue weighted by Crippen LogP contribution is 2.26. The van der Waals surface area contributed by atoms with Crippen molar-refractivity contribution < 1.29 is 19.4 Å². The Morgan fingerprint density at radius 1 is 1.26 bits per heavy atom. The van der Waals surface area contributed by atoms with E-state index in [9.17, 15) is 19.4 Å². The number of hydrogen-bond acceptors (Lipinski definition) is 8. The lowest BCUT2D eigenvalue weighted by Crippen LogP contribution is -2.42. The van der Waals surface area contributed by atoms with Gasteiger partial charge in [0, 0.05) is 29.9 Å². The lowest BCUT2D eigenvalue weighted by Gasteiger charge is -2.28. The van der Waals surface area contributed by atoms with Gasteiger partial charge < -0.3 is 20.8 Å². The molecule has 1 atom stereocenters. The first-order chi connectivity index (χ1) is 16.7. The van der Waals surface area contributed by atoms with Crippen LogP contribution in [0.2, 0.25) is 0 Å². The fourth-order valence-corrected chi connectivity index (χ4v) is 3.98. The van der Waals surface area contributed by atoms with Crippen LogP contribution in [0.3, 0.4) is 0 Å². The molecule has 0 unspecified atom stereocenters. The van der Waals surface area contributed by atoms with Crippen LogP contribution < -0.4 is 10.6 Å². The van der Waals surface area contributed by atoms with Crippen molar-refractivity contribution in [3.63, 3.8) is 0 Å². The monoisotopic (exact) mass is 481 g/mol. The normalized spacial score (nSPS) is 19.2. The SMILES string of the molecule is CC(C)(O)[C@H](F)CNC(=O)c1cnc(-n2ncc3cc(C#N)cnc32)cc1NC1CCC(O)CC1. The van der Waals surface area contributed by atoms with Gasteiger partial charge in [0.25, 0.3) is 5.91 Å². The molecule has 1 amide bonds. The summed E-state index contributed by atoms with van der Waals surface area (Å²) in [5.74, 6) is -0.122. The minimum atomic E-state index is -1.64. The number of halogens is 1. The summed E-state index contributed by atoms with van der Waals surface area (Å²) in [5, 5.41) is 39.7. The van der Waals surface area contributed by atoms with Crippen LogP contribution >= 0.6 is 0 Å². The highest BCUT2D eigenvalue weighted by Gasteiger charge is 2.28. The molecule has 3 aromatic rings. The number of alkyl halides is 1. The first kappa shape index (κ1) is 24.5. The van der Waals surface area contributed by atoms with E-state index in [0.717, 1.165) is 12.8 Å². The third kappa shape index (κ3) is 5.55. The maximum atomic E-state index is 14.2. The van der Waals surface area contributed by atoms with Gasteiger partial charge in [-0.15, -0.1) is 0 Å². The first-order valence-electron chi connectivity index (χ1n) is 11.5. The van der Waals surface area contributed by atoms with Gasteiger partial charge in [0.1, 0.15) is 12.2 Å². The number of anilines is 1. The van der Waals surface area contributed by atoms with Gasteiger partial charge in [0.2, 0.25) is 0 Å². The molecule has 3 aromatic heterocycles. The average Bonchev–Trinajstić information content (AvgIpc) is 3.26. The molecule has 0 aromatic carbocycles. The summed E-state index contributed by atoms with van der Waals surface area (Å²) in [7, 11) is 0. The maximum Gasteiger partial charge on any atom is 0.255 e. The molecule has 0 radical (unpaired) electrons. The molecule has 0 aliphatic heterocycles. The second-order valence-corrected chi connectivity index (χ2v) is 9.37. The Balaban J connectivity index is 1.65. The predicted octanol–water partition coefficient (Wildman–Crippen LogP) is 2.24. The molecule has 1 aliphatic carbocycles. The van der Waals surface area contributed by atoms with Gasteiger partial charge in [-0.2, -0.15) is 15.0 Å². The molecule has 1 fully saturated rings. The topological polar surface area (TPSA) is 149 Å². The zero-order chi connectivity index (χ0) is 25.2. The van der Waals surface area contributed by atoms with Crippen LogP contribution in [0.4, 0.5) is 10.1 Å². The predicted molar refractivity (Wildman–Crippen MR) is 127 cm³/mol. The molecule has 0 bridgehead atoms. The smallest absolute Gasteiger partial charge is 0.255 e. The van der Waals surface area contributed by atoms with Gasteiger partial charge in [-0.05, 0) is 45.6 Å². The van der Waals surface area contributed by atoms with Gasteiger partial charge in [-0.25, -0.2) is 14.4 Å². The van der Waals surface area contributed by atoms with Crippen LogP contribution in [0, 0.1) is 11.3 Å². The quantitative estimate of drug-likeness (QED) is 0.401. The number of rotatable bonds is 7. The van der Waals surface area contributed by atoms with E-state index >= 15 is 0 Å². The molecular formula is C24H28FN7O3. The molecule has 0 saturated heterocycles. The second kappa shape index (κ2) is 9.93. The summed E-state index contributed by atoms with van der Waals surface area (Å²) in [6.07, 6.45) is 5.22. The van der Waals surface area contributed by atoms with Crippen LogP contribution in [-0.4, -0.2) is 66.3 Å². The van der Waals surface area contributed by atoms with E-state index in [0.29, 0.717) is 40.9 Å². The Morgan fingerprint density at radius 2 is 2.00 bits per heavy atom. The summed E-state index contributed by atoms with van der Waals surface area (Å²) < 4.78 is 15.7. The Labute approximate surface area is 201 Å². The van der Waals surface area contributed by atoms with Gasteiger partial charge in [0.15, 0.2) is 11.5 Å². The van der Waals surface area contributed by atoms with E-state index in [2.05, 4.69) is 25.7 Å². The van der Waals surface area contributed by atoms with Gasteiger partial charge in [-0.3, -0.25) is 4.79 Å². The number of nitrogens with zero attached hydrogens (tertiary/aromatic N) is 5. The summed E-state index contributed by atoms with van der Waals surface area (Å²) >= 11 is 0. The van der Waals surface area contributed by atoms with E-state index in [-0.39, 0.29) is 24.3 Å². The molecule has 184 valence electrons. The standard InChI is InChI=1S/C24H28FN7O3/c1-24(2,35)20(25)13-29-23(34)18-12-27-21(8-19(18)31-16-3-5-17(33)6-4-16)32-22-15(11-30-32)7-14(9-26)10-28-22/h7-8,10-12,16-17,20,33,35H,3-6,13H2,1-2H3,(H,27,31)(H,29,34)/t16?,17?,20-/m1/s1. The van der Waals surface area contributed by atoms with Crippen molar-refractivity contribution in [2.24, 2.45) is 0 Å². The number of pyridine rings is 2. The van der Waals surface area contributed by atoms with E-state index in [4.69, 9.17) is 5.26 Å². The molecule has 4 N–H and O–H groups in total. The van der Waals surface area contributed by atoms with E-state index in [1.165, 1.54) is 30.9 Å². The minimum Gasteiger partial charge on any atom is -0.393 e. The second-order valence-electron chi connectivity index (χ2n) is 9.37. The van der Waals surface area contributed by atoms with Crippen LogP contribution in [0.25, 0.3) is 16.9 Å². The zero-order valence-electron chi connectivity index (χ0n) is 19.6. The third-order valence-corrected chi connectivity index (χ3v) is 6.15. The van der Waals surface area contributed by atoms with Crippen LogP contribution in [-0.2, 0) is 0 Å². The number of carbonyl (C=O) groups is 1. The zero-order valence-corrected chi connectivity index (χ0v) is 19.6. The van der Waals surface area contributed by atoms with Crippen molar-refractivity contribution in [1.82, 2.24) is 25.1 Å². The molecule has 11 heteroatoms. The number of aliphatic hydroxyl groups is 2. The summed E-state index contributed by atoms with van der Waals surface area (Å²) in [5.41, 5.74) is 0.0460. The van der Waals surface area contributed by atoms with Gasteiger partial charge in [0.05, 0.1) is 41.3 Å². The fourth-order valence-electron chi connectivity index (χ4n) is 3.98. The summed E-state index contributed by atoms with van der Waals surface area (Å²) in [4.78, 5) is 21.6. The van der Waals surface area contributed by atoms with Gasteiger partial charge >= 0.3 is 0 Å². The van der Waals surface area contributed by atoms with E-state index < -0.39 is 17.7 Å².